The van der Waals surface area contributed by atoms with Crippen molar-refractivity contribution in [2.75, 3.05) is 24.7 Å². The maximum absolute atomic E-state index is 9.24. The van der Waals surface area contributed by atoms with E-state index in [0.29, 0.717) is 36.1 Å². The maximum atomic E-state index is 9.24. The molecule has 0 amide bonds. The van der Waals surface area contributed by atoms with E-state index >= 15 is 0 Å². The molecule has 5 heteroatoms. The molecule has 5 N–H and O–H groups in total. The van der Waals surface area contributed by atoms with Crippen molar-refractivity contribution in [3.63, 3.8) is 0 Å². The van der Waals surface area contributed by atoms with Gasteiger partial charge >= 0.3 is 0 Å². The van der Waals surface area contributed by atoms with E-state index in [9.17, 15) is 5.11 Å². The molecule has 0 radical (unpaired) electrons. The minimum atomic E-state index is 0.110. The summed E-state index contributed by atoms with van der Waals surface area (Å²) in [5.74, 6) is 1.27. The van der Waals surface area contributed by atoms with Crippen molar-refractivity contribution in [1.29, 1.82) is 0 Å². The Morgan fingerprint density at radius 2 is 1.60 bits per heavy atom. The molecule has 2 aromatic carbocycles. The highest BCUT2D eigenvalue weighted by Gasteiger charge is 2.03. The first-order chi connectivity index (χ1) is 9.56. The number of anilines is 2. The van der Waals surface area contributed by atoms with E-state index in [1.54, 1.807) is 6.07 Å². The molecule has 20 heavy (non-hydrogen) atoms. The molecular formula is C15H18N2O3. The molecule has 0 bridgehead atoms. The zero-order valence-electron chi connectivity index (χ0n) is 11.3. The first kappa shape index (κ1) is 13.9. The molecule has 0 saturated heterocycles. The van der Waals surface area contributed by atoms with Gasteiger partial charge < -0.3 is 26.0 Å². The third-order valence-electron chi connectivity index (χ3n) is 2.76. The number of aryl methyl sites for hydroxylation is 1. The lowest BCUT2D eigenvalue weighted by Gasteiger charge is -2.12. The number of nitrogen functional groups attached to an aromatic ring is 2. The molecule has 2 aromatic rings. The van der Waals surface area contributed by atoms with Gasteiger partial charge in [-0.25, -0.2) is 0 Å². The fourth-order valence-corrected chi connectivity index (χ4v) is 1.74. The van der Waals surface area contributed by atoms with Crippen LogP contribution < -0.4 is 20.9 Å². The normalized spacial score (nSPS) is 10.2. The number of nitrogens with two attached hydrogens (primary N) is 2. The van der Waals surface area contributed by atoms with Gasteiger partial charge in [0.2, 0.25) is 0 Å². The lowest BCUT2D eigenvalue weighted by Crippen LogP contribution is -2.10. The van der Waals surface area contributed by atoms with Crippen LogP contribution in [0.1, 0.15) is 5.56 Å². The Balaban J connectivity index is 1.86. The molecule has 106 valence electrons. The molecular weight excluding hydrogens is 256 g/mol. The number of phenols is 1. The third kappa shape index (κ3) is 3.47. The SMILES string of the molecule is Cc1ccc(N)c(OCCOc2ccc(O)cc2N)c1. The topological polar surface area (TPSA) is 90.7 Å². The van der Waals surface area contributed by atoms with Gasteiger partial charge in [0.1, 0.15) is 30.5 Å². The maximum Gasteiger partial charge on any atom is 0.142 e. The molecule has 5 nitrogen and oxygen atoms in total. The molecule has 0 aliphatic rings. The third-order valence-corrected chi connectivity index (χ3v) is 2.76. The van der Waals surface area contributed by atoms with Crippen LogP contribution in [0.15, 0.2) is 36.4 Å². The molecule has 0 aromatic heterocycles. The fraction of sp³-hybridized carbons (Fsp3) is 0.200. The fourth-order valence-electron chi connectivity index (χ4n) is 1.74. The van der Waals surface area contributed by atoms with E-state index in [4.69, 9.17) is 20.9 Å². The summed E-state index contributed by atoms with van der Waals surface area (Å²) < 4.78 is 11.0. The van der Waals surface area contributed by atoms with Crippen molar-refractivity contribution in [2.24, 2.45) is 0 Å². The van der Waals surface area contributed by atoms with Gasteiger partial charge in [-0.05, 0) is 36.8 Å². The largest absolute Gasteiger partial charge is 0.508 e. The van der Waals surface area contributed by atoms with Crippen LogP contribution in [0.3, 0.4) is 0 Å². The average molecular weight is 274 g/mol. The quantitative estimate of drug-likeness (QED) is 0.575. The highest BCUT2D eigenvalue weighted by molar-refractivity contribution is 5.56. The van der Waals surface area contributed by atoms with Gasteiger partial charge in [-0.3, -0.25) is 0 Å². The van der Waals surface area contributed by atoms with Gasteiger partial charge in [0, 0.05) is 6.07 Å². The summed E-state index contributed by atoms with van der Waals surface area (Å²) in [6.07, 6.45) is 0. The van der Waals surface area contributed by atoms with Gasteiger partial charge in [-0.2, -0.15) is 0 Å². The summed E-state index contributed by atoms with van der Waals surface area (Å²) in [5, 5.41) is 9.24. The predicted molar refractivity (Wildman–Crippen MR) is 79.1 cm³/mol. The highest BCUT2D eigenvalue weighted by atomic mass is 16.5. The van der Waals surface area contributed by atoms with Crippen LogP contribution >= 0.6 is 0 Å². The first-order valence-corrected chi connectivity index (χ1v) is 6.26. The van der Waals surface area contributed by atoms with Crippen LogP contribution in [-0.4, -0.2) is 18.3 Å². The van der Waals surface area contributed by atoms with E-state index in [1.807, 2.05) is 25.1 Å². The number of aromatic hydroxyl groups is 1. The second-order valence-corrected chi connectivity index (χ2v) is 4.46. The molecule has 0 aliphatic carbocycles. The van der Waals surface area contributed by atoms with Crippen LogP contribution in [0.25, 0.3) is 0 Å². The number of benzene rings is 2. The van der Waals surface area contributed by atoms with Crippen molar-refractivity contribution in [3.05, 3.63) is 42.0 Å². The van der Waals surface area contributed by atoms with E-state index in [0.717, 1.165) is 5.56 Å². The lowest BCUT2D eigenvalue weighted by atomic mass is 10.2. The summed E-state index contributed by atoms with van der Waals surface area (Å²) in [5.41, 5.74) is 13.6. The highest BCUT2D eigenvalue weighted by Crippen LogP contribution is 2.26. The van der Waals surface area contributed by atoms with Gasteiger partial charge in [-0.1, -0.05) is 6.07 Å². The molecule has 0 atom stereocenters. The number of ether oxygens (including phenoxy) is 2. The van der Waals surface area contributed by atoms with Crippen LogP contribution in [-0.2, 0) is 0 Å². The molecule has 2 rings (SSSR count). The molecule has 0 heterocycles. The summed E-state index contributed by atoms with van der Waals surface area (Å²) in [7, 11) is 0. The van der Waals surface area contributed by atoms with Gasteiger partial charge in [0.05, 0.1) is 11.4 Å². The van der Waals surface area contributed by atoms with E-state index in [2.05, 4.69) is 0 Å². The molecule has 0 unspecified atom stereocenters. The standard InChI is InChI=1S/C15H18N2O3/c1-10-2-4-12(16)15(8-10)20-7-6-19-14-5-3-11(18)9-13(14)17/h2-5,8-9,18H,6-7,16-17H2,1H3. The Bertz CT molecular complexity index is 600. The number of hydrogen-bond donors (Lipinski definition) is 3. The van der Waals surface area contributed by atoms with E-state index in [1.165, 1.54) is 12.1 Å². The van der Waals surface area contributed by atoms with E-state index in [-0.39, 0.29) is 5.75 Å². The summed E-state index contributed by atoms with van der Waals surface area (Å²) in [4.78, 5) is 0. The summed E-state index contributed by atoms with van der Waals surface area (Å²) in [6, 6.07) is 10.2. The summed E-state index contributed by atoms with van der Waals surface area (Å²) in [6.45, 7) is 2.66. The molecule has 0 saturated carbocycles. The number of rotatable bonds is 5. The lowest BCUT2D eigenvalue weighted by molar-refractivity contribution is 0.218. The Kier molecular flexibility index (Phi) is 4.20. The number of hydrogen-bond acceptors (Lipinski definition) is 5. The van der Waals surface area contributed by atoms with Crippen molar-refractivity contribution in [2.45, 2.75) is 6.92 Å². The van der Waals surface area contributed by atoms with Gasteiger partial charge in [0.15, 0.2) is 0 Å². The molecule has 0 fully saturated rings. The second kappa shape index (κ2) is 6.06. The Morgan fingerprint density at radius 3 is 2.30 bits per heavy atom. The Labute approximate surface area is 117 Å². The van der Waals surface area contributed by atoms with Crippen LogP contribution in [0.2, 0.25) is 0 Å². The van der Waals surface area contributed by atoms with Crippen molar-refractivity contribution in [1.82, 2.24) is 0 Å². The van der Waals surface area contributed by atoms with Gasteiger partial charge in [-0.15, -0.1) is 0 Å². The summed E-state index contributed by atoms with van der Waals surface area (Å²) >= 11 is 0. The molecule has 0 spiro atoms. The Morgan fingerprint density at radius 1 is 0.900 bits per heavy atom. The van der Waals surface area contributed by atoms with Crippen LogP contribution in [0.5, 0.6) is 17.2 Å². The Hall–Kier alpha value is -2.56. The van der Waals surface area contributed by atoms with Crippen LogP contribution in [0, 0.1) is 6.92 Å². The minimum absolute atomic E-state index is 0.110. The average Bonchev–Trinajstić information content (AvgIpc) is 2.40. The smallest absolute Gasteiger partial charge is 0.142 e. The van der Waals surface area contributed by atoms with E-state index < -0.39 is 0 Å². The number of phenolic OH excluding ortho intramolecular Hbond substituents is 1. The van der Waals surface area contributed by atoms with Crippen LogP contribution in [0.4, 0.5) is 11.4 Å². The zero-order chi connectivity index (χ0) is 14.5. The monoisotopic (exact) mass is 274 g/mol. The second-order valence-electron chi connectivity index (χ2n) is 4.46. The molecule has 0 aliphatic heterocycles. The van der Waals surface area contributed by atoms with Gasteiger partial charge in [0.25, 0.3) is 0 Å². The minimum Gasteiger partial charge on any atom is -0.508 e. The zero-order valence-corrected chi connectivity index (χ0v) is 11.3. The predicted octanol–water partition coefficient (Wildman–Crippen LogP) is 2.32. The van der Waals surface area contributed by atoms with Crippen molar-refractivity contribution in [3.8, 4) is 17.2 Å². The van der Waals surface area contributed by atoms with Crippen molar-refractivity contribution < 1.29 is 14.6 Å². The van der Waals surface area contributed by atoms with Crippen molar-refractivity contribution >= 4 is 11.4 Å². The first-order valence-electron chi connectivity index (χ1n) is 6.26.